The Morgan fingerprint density at radius 3 is 1.81 bits per heavy atom. The molecule has 284 valence electrons. The van der Waals surface area contributed by atoms with Crippen LogP contribution in [-0.4, -0.2) is 15.0 Å². The number of hydrogen-bond donors (Lipinski definition) is 0. The van der Waals surface area contributed by atoms with Crippen LogP contribution in [0.5, 0.6) is 0 Å². The van der Waals surface area contributed by atoms with Crippen molar-refractivity contribution in [3.8, 4) is 73.6 Å². The fourth-order valence-electron chi connectivity index (χ4n) is 11.1. The summed E-state index contributed by atoms with van der Waals surface area (Å²) in [6, 6.07) is 52.0. The van der Waals surface area contributed by atoms with Crippen LogP contribution in [0, 0.1) is 29.1 Å². The van der Waals surface area contributed by atoms with Gasteiger partial charge < -0.3 is 0 Å². The quantitative estimate of drug-likeness (QED) is 0.170. The van der Waals surface area contributed by atoms with Crippen molar-refractivity contribution in [3.05, 3.63) is 162 Å². The molecule has 0 N–H and O–H groups in total. The van der Waals surface area contributed by atoms with Gasteiger partial charge in [-0.15, -0.1) is 0 Å². The van der Waals surface area contributed by atoms with Crippen molar-refractivity contribution in [1.29, 1.82) is 5.26 Å². The number of nitriles is 1. The highest BCUT2D eigenvalue weighted by Gasteiger charge is 2.45. The van der Waals surface area contributed by atoms with Gasteiger partial charge in [0.2, 0.25) is 0 Å². The molecule has 2 fully saturated rings. The van der Waals surface area contributed by atoms with Gasteiger partial charge in [-0.2, -0.15) is 5.26 Å². The zero-order chi connectivity index (χ0) is 39.6. The summed E-state index contributed by atoms with van der Waals surface area (Å²) in [6.07, 6.45) is 6.64. The van der Waals surface area contributed by atoms with Crippen LogP contribution in [0.1, 0.15) is 82.1 Å². The van der Waals surface area contributed by atoms with Crippen LogP contribution in [0.4, 0.5) is 0 Å². The third kappa shape index (κ3) is 6.34. The van der Waals surface area contributed by atoms with Crippen molar-refractivity contribution in [2.45, 2.75) is 70.6 Å². The fourth-order valence-corrected chi connectivity index (χ4v) is 11.1. The Bertz CT molecular complexity index is 2720. The van der Waals surface area contributed by atoms with Crippen molar-refractivity contribution in [1.82, 2.24) is 15.0 Å². The third-order valence-corrected chi connectivity index (χ3v) is 13.5. The van der Waals surface area contributed by atoms with E-state index in [1.165, 1.54) is 65.5 Å². The molecule has 58 heavy (non-hydrogen) atoms. The number of nitrogens with zero attached hydrogens (tertiary/aromatic N) is 4. The molecule has 6 aromatic carbocycles. The molecule has 4 heteroatoms. The van der Waals surface area contributed by atoms with E-state index in [-0.39, 0.29) is 10.8 Å². The molecule has 0 amide bonds. The van der Waals surface area contributed by atoms with Gasteiger partial charge >= 0.3 is 0 Å². The van der Waals surface area contributed by atoms with Crippen LogP contribution in [0.15, 0.2) is 140 Å². The maximum atomic E-state index is 9.75. The van der Waals surface area contributed by atoms with Crippen molar-refractivity contribution in [2.75, 3.05) is 0 Å². The minimum atomic E-state index is -0.0665. The Labute approximate surface area is 342 Å². The normalized spacial score (nSPS) is 21.5. The molecule has 4 nitrogen and oxygen atoms in total. The topological polar surface area (TPSA) is 62.5 Å². The highest BCUT2D eigenvalue weighted by molar-refractivity contribution is 5.87. The van der Waals surface area contributed by atoms with Gasteiger partial charge in [-0.05, 0) is 142 Å². The van der Waals surface area contributed by atoms with Crippen LogP contribution in [-0.2, 0) is 10.8 Å². The Hall–Kier alpha value is -6.18. The molecule has 3 aliphatic carbocycles. The molecular formula is C54H48N4. The van der Waals surface area contributed by atoms with Gasteiger partial charge in [-0.3, -0.25) is 0 Å². The van der Waals surface area contributed by atoms with Crippen LogP contribution < -0.4 is 0 Å². The van der Waals surface area contributed by atoms with E-state index in [1.807, 2.05) is 54.6 Å². The van der Waals surface area contributed by atoms with Gasteiger partial charge in [-0.25, -0.2) is 15.0 Å². The predicted molar refractivity (Wildman–Crippen MR) is 236 cm³/mol. The minimum Gasteiger partial charge on any atom is -0.208 e. The first kappa shape index (κ1) is 36.2. The first-order chi connectivity index (χ1) is 28.2. The van der Waals surface area contributed by atoms with Crippen molar-refractivity contribution in [3.63, 3.8) is 0 Å². The van der Waals surface area contributed by atoms with E-state index in [9.17, 15) is 5.26 Å². The number of benzene rings is 6. The monoisotopic (exact) mass is 752 g/mol. The van der Waals surface area contributed by atoms with E-state index < -0.39 is 0 Å². The van der Waals surface area contributed by atoms with E-state index in [4.69, 9.17) is 15.0 Å². The molecule has 1 unspecified atom stereocenters. The van der Waals surface area contributed by atoms with Gasteiger partial charge in [0.1, 0.15) is 0 Å². The fraction of sp³-hybridized carbons (Fsp3) is 0.259. The number of rotatable bonds is 6. The highest BCUT2D eigenvalue weighted by Crippen LogP contribution is 2.54. The lowest BCUT2D eigenvalue weighted by atomic mass is 9.54. The molecule has 10 rings (SSSR count). The maximum Gasteiger partial charge on any atom is 0.164 e. The maximum absolute atomic E-state index is 9.75. The largest absolute Gasteiger partial charge is 0.208 e. The summed E-state index contributed by atoms with van der Waals surface area (Å²) in [5.74, 6) is 4.10. The summed E-state index contributed by atoms with van der Waals surface area (Å²) in [6.45, 7) is 9.59. The predicted octanol–water partition coefficient (Wildman–Crippen LogP) is 13.5. The second kappa shape index (κ2) is 14.0. The first-order valence-electron chi connectivity index (χ1n) is 21.0. The van der Waals surface area contributed by atoms with E-state index in [0.29, 0.717) is 23.0 Å². The van der Waals surface area contributed by atoms with Gasteiger partial charge in [-0.1, -0.05) is 131 Å². The van der Waals surface area contributed by atoms with Gasteiger partial charge in [0, 0.05) is 22.1 Å². The summed E-state index contributed by atoms with van der Waals surface area (Å²) in [5, 5.41) is 9.75. The van der Waals surface area contributed by atoms with Gasteiger partial charge in [0.15, 0.2) is 17.5 Å². The standard InChI is InChI=1S/C54H48N4/c1-34-23-37-24-35(2)31-54(30-34,32-37)45-20-17-38(18-21-45)42-26-43(40-19-22-49-47(29-40)46-15-8-9-16-48(46)53(49,3)4)28-44(27-42)52-57-50(39-12-6-5-7-13-39)56-51(58-52)41-14-10-11-36(25-41)33-55/h5-22,25-29,34-35,37H,23-24,30-32H2,1-4H3/t34-,35+,37-,54?. The SMILES string of the molecule is C[C@@H]1C[C@@H]2C[C@H](C)CC(c3ccc(-c4cc(-c5ccc6c(c5)-c5ccccc5C6(C)C)cc(-c5nc(-c6ccccc6)nc(-c6cccc(C#N)c6)n5)c4)cc3)(C1)C2. The van der Waals surface area contributed by atoms with Crippen LogP contribution in [0.2, 0.25) is 0 Å². The average molecular weight is 753 g/mol. The molecule has 1 aromatic heterocycles. The highest BCUT2D eigenvalue weighted by atomic mass is 15.0. The summed E-state index contributed by atoms with van der Waals surface area (Å²) in [7, 11) is 0. The molecule has 3 aliphatic rings. The molecular weight excluding hydrogens is 705 g/mol. The van der Waals surface area contributed by atoms with E-state index >= 15 is 0 Å². The second-order valence-electron chi connectivity index (χ2n) is 18.1. The van der Waals surface area contributed by atoms with E-state index in [2.05, 4.69) is 119 Å². The number of hydrogen-bond acceptors (Lipinski definition) is 4. The molecule has 7 aromatic rings. The Morgan fingerprint density at radius 1 is 0.500 bits per heavy atom. The lowest BCUT2D eigenvalue weighted by Gasteiger charge is -2.50. The summed E-state index contributed by atoms with van der Waals surface area (Å²) >= 11 is 0. The third-order valence-electron chi connectivity index (χ3n) is 13.5. The molecule has 2 saturated carbocycles. The lowest BCUT2D eigenvalue weighted by molar-refractivity contribution is 0.0780. The Morgan fingerprint density at radius 2 is 1.09 bits per heavy atom. The summed E-state index contributed by atoms with van der Waals surface area (Å²) in [5.41, 5.74) is 14.8. The average Bonchev–Trinajstić information content (AvgIpc) is 3.48. The Balaban J connectivity index is 1.14. The number of fused-ring (bicyclic) bond motifs is 5. The molecule has 4 atom stereocenters. The molecule has 0 radical (unpaired) electrons. The summed E-state index contributed by atoms with van der Waals surface area (Å²) < 4.78 is 0. The van der Waals surface area contributed by atoms with Gasteiger partial charge in [0.25, 0.3) is 0 Å². The molecule has 1 heterocycles. The van der Waals surface area contributed by atoms with Crippen LogP contribution >= 0.6 is 0 Å². The Kier molecular flexibility index (Phi) is 8.75. The zero-order valence-electron chi connectivity index (χ0n) is 33.8. The second-order valence-corrected chi connectivity index (χ2v) is 18.1. The number of aromatic nitrogens is 3. The molecule has 2 bridgehead atoms. The molecule has 0 aliphatic heterocycles. The van der Waals surface area contributed by atoms with Gasteiger partial charge in [0.05, 0.1) is 11.6 Å². The summed E-state index contributed by atoms with van der Waals surface area (Å²) in [4.78, 5) is 15.3. The van der Waals surface area contributed by atoms with Crippen molar-refractivity contribution >= 4 is 0 Å². The molecule has 0 spiro atoms. The zero-order valence-corrected chi connectivity index (χ0v) is 33.8. The minimum absolute atomic E-state index is 0.0665. The van der Waals surface area contributed by atoms with Crippen LogP contribution in [0.3, 0.4) is 0 Å². The van der Waals surface area contributed by atoms with Crippen molar-refractivity contribution in [2.24, 2.45) is 17.8 Å². The van der Waals surface area contributed by atoms with E-state index in [0.717, 1.165) is 51.1 Å². The first-order valence-corrected chi connectivity index (χ1v) is 21.0. The van der Waals surface area contributed by atoms with Crippen molar-refractivity contribution < 1.29 is 0 Å². The van der Waals surface area contributed by atoms with E-state index in [1.54, 1.807) is 0 Å². The lowest BCUT2D eigenvalue weighted by Crippen LogP contribution is -2.42. The smallest absolute Gasteiger partial charge is 0.164 e. The van der Waals surface area contributed by atoms with Crippen LogP contribution in [0.25, 0.3) is 67.5 Å². The molecule has 0 saturated heterocycles.